The third-order valence-corrected chi connectivity index (χ3v) is 5.15. The lowest BCUT2D eigenvalue weighted by Gasteiger charge is -2.35. The van der Waals surface area contributed by atoms with Gasteiger partial charge in [-0.25, -0.2) is 0 Å². The molecule has 0 unspecified atom stereocenters. The molecule has 4 heteroatoms. The van der Waals surface area contributed by atoms with Crippen molar-refractivity contribution in [3.8, 4) is 0 Å². The van der Waals surface area contributed by atoms with Gasteiger partial charge >= 0.3 is 0 Å². The summed E-state index contributed by atoms with van der Waals surface area (Å²) in [6, 6.07) is 2.09. The lowest BCUT2D eigenvalue weighted by molar-refractivity contribution is 0.0900. The van der Waals surface area contributed by atoms with Crippen LogP contribution in [0.4, 0.5) is 0 Å². The first-order valence-corrected chi connectivity index (χ1v) is 6.96. The first kappa shape index (κ1) is 11.6. The van der Waals surface area contributed by atoms with E-state index in [2.05, 4.69) is 32.7 Å². The average molecular weight is 290 g/mol. The number of aliphatic hydroxyl groups excluding tert-OH is 1. The van der Waals surface area contributed by atoms with Gasteiger partial charge in [0.2, 0.25) is 0 Å². The molecule has 0 aliphatic carbocycles. The zero-order chi connectivity index (χ0) is 10.7. The van der Waals surface area contributed by atoms with Gasteiger partial charge in [0.05, 0.1) is 0 Å². The second-order valence-electron chi connectivity index (χ2n) is 4.28. The molecule has 84 valence electrons. The molecule has 0 spiro atoms. The van der Waals surface area contributed by atoms with Gasteiger partial charge in [-0.15, -0.1) is 11.3 Å². The molecule has 0 bridgehead atoms. The quantitative estimate of drug-likeness (QED) is 0.896. The summed E-state index contributed by atoms with van der Waals surface area (Å²) in [5.74, 6) is 0. The highest BCUT2D eigenvalue weighted by Crippen LogP contribution is 2.36. The van der Waals surface area contributed by atoms with Crippen LogP contribution in [-0.4, -0.2) is 24.8 Å². The van der Waals surface area contributed by atoms with E-state index in [0.717, 1.165) is 32.4 Å². The second-order valence-corrected chi connectivity index (χ2v) is 6.13. The van der Waals surface area contributed by atoms with Crippen LogP contribution in [0, 0.1) is 5.41 Å². The Balaban J connectivity index is 2.10. The minimum Gasteiger partial charge on any atom is -0.396 e. The lowest BCUT2D eigenvalue weighted by Crippen LogP contribution is -2.40. The number of hydrogen-bond donors (Lipinski definition) is 2. The minimum atomic E-state index is 0.110. The maximum Gasteiger partial charge on any atom is 0.0491 e. The predicted octanol–water partition coefficient (Wildman–Crippen LogP) is 2.42. The van der Waals surface area contributed by atoms with Gasteiger partial charge in [0.25, 0.3) is 0 Å². The van der Waals surface area contributed by atoms with E-state index in [4.69, 9.17) is 0 Å². The van der Waals surface area contributed by atoms with Crippen LogP contribution in [0.2, 0.25) is 0 Å². The molecule has 15 heavy (non-hydrogen) atoms. The predicted molar refractivity (Wildman–Crippen MR) is 67.3 cm³/mol. The number of thiophene rings is 1. The normalized spacial score (nSPS) is 20.4. The maximum absolute atomic E-state index is 9.59. The Morgan fingerprint density at radius 3 is 2.73 bits per heavy atom. The number of rotatable bonds is 3. The smallest absolute Gasteiger partial charge is 0.0491 e. The summed E-state index contributed by atoms with van der Waals surface area (Å²) in [6.07, 6.45) is 3.16. The molecule has 2 N–H and O–H groups in total. The van der Waals surface area contributed by atoms with Crippen LogP contribution in [0.25, 0.3) is 0 Å². The zero-order valence-corrected chi connectivity index (χ0v) is 11.0. The van der Waals surface area contributed by atoms with E-state index in [0.29, 0.717) is 6.61 Å². The SMILES string of the molecule is OCC1(Cc2sccc2Br)CCNCC1. The summed E-state index contributed by atoms with van der Waals surface area (Å²) in [5.41, 5.74) is 0.110. The molecule has 0 atom stereocenters. The maximum atomic E-state index is 9.59. The van der Waals surface area contributed by atoms with Gasteiger partial charge in [-0.05, 0) is 59.7 Å². The number of nitrogens with one attached hydrogen (secondary N) is 1. The Morgan fingerprint density at radius 2 is 2.20 bits per heavy atom. The van der Waals surface area contributed by atoms with Crippen LogP contribution in [0.1, 0.15) is 17.7 Å². The number of aliphatic hydroxyl groups is 1. The van der Waals surface area contributed by atoms with Gasteiger partial charge in [-0.2, -0.15) is 0 Å². The van der Waals surface area contributed by atoms with Crippen LogP contribution in [0.15, 0.2) is 15.9 Å². The third kappa shape index (κ3) is 2.61. The molecule has 0 aromatic carbocycles. The molecule has 1 saturated heterocycles. The highest BCUT2D eigenvalue weighted by Gasteiger charge is 2.32. The molecule has 2 rings (SSSR count). The Hall–Kier alpha value is 0.1000. The molecule has 1 fully saturated rings. The van der Waals surface area contributed by atoms with Crippen molar-refractivity contribution in [1.82, 2.24) is 5.32 Å². The summed E-state index contributed by atoms with van der Waals surface area (Å²) >= 11 is 5.34. The summed E-state index contributed by atoms with van der Waals surface area (Å²) in [7, 11) is 0. The Morgan fingerprint density at radius 1 is 1.47 bits per heavy atom. The van der Waals surface area contributed by atoms with Gasteiger partial charge in [0, 0.05) is 21.4 Å². The number of piperidine rings is 1. The largest absolute Gasteiger partial charge is 0.396 e. The summed E-state index contributed by atoms with van der Waals surface area (Å²) in [6.45, 7) is 2.37. The first-order chi connectivity index (χ1) is 7.26. The van der Waals surface area contributed by atoms with Crippen molar-refractivity contribution in [3.05, 3.63) is 20.8 Å². The van der Waals surface area contributed by atoms with Gasteiger partial charge in [0.1, 0.15) is 0 Å². The van der Waals surface area contributed by atoms with Crippen LogP contribution in [0.3, 0.4) is 0 Å². The summed E-state index contributed by atoms with van der Waals surface area (Å²) in [5, 5.41) is 15.0. The van der Waals surface area contributed by atoms with Crippen LogP contribution in [-0.2, 0) is 6.42 Å². The minimum absolute atomic E-state index is 0.110. The Labute approximate surface area is 103 Å². The van der Waals surface area contributed by atoms with E-state index in [1.807, 2.05) is 0 Å². The Kier molecular flexibility index (Phi) is 3.83. The Bertz CT molecular complexity index is 320. The van der Waals surface area contributed by atoms with Crippen molar-refractivity contribution in [2.45, 2.75) is 19.3 Å². The molecule has 2 heterocycles. The molecule has 0 amide bonds. The molecule has 1 aliphatic heterocycles. The lowest BCUT2D eigenvalue weighted by atomic mass is 9.76. The highest BCUT2D eigenvalue weighted by molar-refractivity contribution is 9.10. The zero-order valence-electron chi connectivity index (χ0n) is 8.63. The number of hydrogen-bond acceptors (Lipinski definition) is 3. The molecular weight excluding hydrogens is 274 g/mol. The fourth-order valence-corrected chi connectivity index (χ4v) is 3.81. The molecule has 1 aliphatic rings. The van der Waals surface area contributed by atoms with Crippen molar-refractivity contribution in [2.24, 2.45) is 5.41 Å². The van der Waals surface area contributed by atoms with Crippen molar-refractivity contribution in [1.29, 1.82) is 0 Å². The monoisotopic (exact) mass is 289 g/mol. The van der Waals surface area contributed by atoms with Gasteiger partial charge in [-0.3, -0.25) is 0 Å². The molecule has 0 radical (unpaired) electrons. The van der Waals surface area contributed by atoms with Crippen molar-refractivity contribution in [2.75, 3.05) is 19.7 Å². The average Bonchev–Trinajstić information content (AvgIpc) is 2.66. The van der Waals surface area contributed by atoms with E-state index >= 15 is 0 Å². The third-order valence-electron chi connectivity index (χ3n) is 3.23. The van der Waals surface area contributed by atoms with Crippen LogP contribution < -0.4 is 5.32 Å². The first-order valence-electron chi connectivity index (χ1n) is 5.29. The molecule has 1 aromatic rings. The fourth-order valence-electron chi connectivity index (χ4n) is 2.14. The van der Waals surface area contributed by atoms with Crippen LogP contribution in [0.5, 0.6) is 0 Å². The van der Waals surface area contributed by atoms with E-state index in [1.54, 1.807) is 11.3 Å². The van der Waals surface area contributed by atoms with Gasteiger partial charge in [0.15, 0.2) is 0 Å². The standard InChI is InChI=1S/C11H16BrNOS/c12-9-1-6-15-10(9)7-11(8-14)2-4-13-5-3-11/h1,6,13-14H,2-5,7-8H2. The van der Waals surface area contributed by atoms with E-state index in [9.17, 15) is 5.11 Å². The highest BCUT2D eigenvalue weighted by atomic mass is 79.9. The van der Waals surface area contributed by atoms with E-state index in [1.165, 1.54) is 9.35 Å². The molecule has 0 saturated carbocycles. The van der Waals surface area contributed by atoms with E-state index < -0.39 is 0 Å². The van der Waals surface area contributed by atoms with Crippen molar-refractivity contribution >= 4 is 27.3 Å². The summed E-state index contributed by atoms with van der Waals surface area (Å²) < 4.78 is 1.19. The van der Waals surface area contributed by atoms with E-state index in [-0.39, 0.29) is 5.41 Å². The van der Waals surface area contributed by atoms with Crippen molar-refractivity contribution in [3.63, 3.8) is 0 Å². The van der Waals surface area contributed by atoms with Gasteiger partial charge in [-0.1, -0.05) is 0 Å². The van der Waals surface area contributed by atoms with Gasteiger partial charge < -0.3 is 10.4 Å². The van der Waals surface area contributed by atoms with Crippen molar-refractivity contribution < 1.29 is 5.11 Å². The molecule has 2 nitrogen and oxygen atoms in total. The van der Waals surface area contributed by atoms with Crippen LogP contribution >= 0.6 is 27.3 Å². The molecular formula is C11H16BrNOS. The fraction of sp³-hybridized carbons (Fsp3) is 0.636. The topological polar surface area (TPSA) is 32.3 Å². The number of halogens is 1. The second kappa shape index (κ2) is 4.95. The molecule has 1 aromatic heterocycles. The summed E-state index contributed by atoms with van der Waals surface area (Å²) in [4.78, 5) is 1.37.